The fourth-order valence-corrected chi connectivity index (χ4v) is 5.73. The maximum atomic E-state index is 13.8. The Labute approximate surface area is 226 Å². The number of allylic oxidation sites excluding steroid dienone is 1. The molecule has 0 spiro atoms. The number of methoxy groups -OCH3 is 1. The Morgan fingerprint density at radius 2 is 1.92 bits per heavy atom. The first-order valence-electron chi connectivity index (χ1n) is 12.7. The molecule has 0 bridgehead atoms. The van der Waals surface area contributed by atoms with E-state index in [1.807, 2.05) is 30.3 Å². The smallest absolute Gasteiger partial charge is 0.341 e. The van der Waals surface area contributed by atoms with Crippen molar-refractivity contribution in [2.75, 3.05) is 7.11 Å². The van der Waals surface area contributed by atoms with Crippen molar-refractivity contribution >= 4 is 45.8 Å². The Bertz CT molecular complexity index is 1540. The van der Waals surface area contributed by atoms with E-state index in [-0.39, 0.29) is 12.0 Å². The molecule has 3 aromatic heterocycles. The van der Waals surface area contributed by atoms with Gasteiger partial charge in [-0.1, -0.05) is 45.0 Å². The minimum atomic E-state index is -0.490. The lowest BCUT2D eigenvalue weighted by Gasteiger charge is -2.36. The van der Waals surface area contributed by atoms with E-state index >= 15 is 0 Å². The molecule has 0 fully saturated rings. The van der Waals surface area contributed by atoms with Crippen LogP contribution in [-0.4, -0.2) is 24.0 Å². The van der Waals surface area contributed by atoms with Gasteiger partial charge in [-0.15, -0.1) is 11.3 Å². The van der Waals surface area contributed by atoms with Crippen molar-refractivity contribution in [3.63, 3.8) is 0 Å². The molecule has 1 aliphatic rings. The van der Waals surface area contributed by atoms with Crippen molar-refractivity contribution in [1.29, 1.82) is 0 Å². The molecule has 3 heterocycles. The van der Waals surface area contributed by atoms with E-state index in [0.717, 1.165) is 45.5 Å². The van der Waals surface area contributed by atoms with Crippen LogP contribution in [0.15, 0.2) is 52.3 Å². The van der Waals surface area contributed by atoms with Crippen LogP contribution < -0.4 is 0 Å². The van der Waals surface area contributed by atoms with Gasteiger partial charge in [0.1, 0.15) is 23.7 Å². The fraction of sp³-hybridized carbons (Fsp3) is 0.323. The standard InChI is InChI=1S/C31H31NO5S/c1-18-24(29(33)35-5)16-21(37-18)17-36-30(34)27-23-10-6-7-11-26(23)32-28-19(14-22-9-8-12-38-22)13-20(15-25(27)28)31(2,3)4/h6-12,14,16,20H,13,15,17H2,1-5H3/b19-14+/t20-/m1/s1. The van der Waals surface area contributed by atoms with Crippen LogP contribution in [-0.2, 0) is 22.5 Å². The first-order valence-corrected chi connectivity index (χ1v) is 13.5. The van der Waals surface area contributed by atoms with Crippen molar-refractivity contribution < 1.29 is 23.5 Å². The number of benzene rings is 1. The first kappa shape index (κ1) is 25.9. The van der Waals surface area contributed by atoms with Gasteiger partial charge in [0.2, 0.25) is 0 Å². The molecule has 38 heavy (non-hydrogen) atoms. The number of nitrogens with zero attached hydrogens (tertiary/aromatic N) is 1. The van der Waals surface area contributed by atoms with Crippen LogP contribution in [0.3, 0.4) is 0 Å². The third kappa shape index (κ3) is 5.03. The van der Waals surface area contributed by atoms with Crippen LogP contribution >= 0.6 is 11.3 Å². The number of thiophene rings is 1. The molecule has 0 saturated heterocycles. The number of aryl methyl sites for hydroxylation is 1. The van der Waals surface area contributed by atoms with E-state index in [9.17, 15) is 9.59 Å². The predicted molar refractivity (Wildman–Crippen MR) is 149 cm³/mol. The third-order valence-electron chi connectivity index (χ3n) is 7.22. The summed E-state index contributed by atoms with van der Waals surface area (Å²) < 4.78 is 16.3. The van der Waals surface area contributed by atoms with Gasteiger partial charge in [-0.25, -0.2) is 14.6 Å². The van der Waals surface area contributed by atoms with E-state index in [4.69, 9.17) is 18.9 Å². The van der Waals surface area contributed by atoms with Gasteiger partial charge in [-0.2, -0.15) is 0 Å². The number of para-hydroxylation sites is 1. The average Bonchev–Trinajstić information content (AvgIpc) is 3.54. The van der Waals surface area contributed by atoms with E-state index in [2.05, 4.69) is 38.3 Å². The lowest BCUT2D eigenvalue weighted by atomic mass is 9.69. The van der Waals surface area contributed by atoms with Crippen LogP contribution in [0.25, 0.3) is 22.6 Å². The second kappa shape index (κ2) is 10.2. The second-order valence-corrected chi connectivity index (χ2v) is 11.7. The van der Waals surface area contributed by atoms with E-state index in [0.29, 0.717) is 28.6 Å². The highest BCUT2D eigenvalue weighted by Gasteiger charge is 2.35. The van der Waals surface area contributed by atoms with Gasteiger partial charge >= 0.3 is 11.9 Å². The number of esters is 2. The van der Waals surface area contributed by atoms with Gasteiger partial charge in [0.25, 0.3) is 0 Å². The number of hydrogen-bond donors (Lipinski definition) is 0. The van der Waals surface area contributed by atoms with Crippen LogP contribution in [0.1, 0.15) is 75.6 Å². The number of furan rings is 1. The topological polar surface area (TPSA) is 78.6 Å². The zero-order valence-electron chi connectivity index (χ0n) is 22.3. The summed E-state index contributed by atoms with van der Waals surface area (Å²) in [6.07, 6.45) is 3.82. The van der Waals surface area contributed by atoms with Crippen molar-refractivity contribution in [2.45, 2.75) is 47.1 Å². The molecule has 0 saturated carbocycles. The summed E-state index contributed by atoms with van der Waals surface area (Å²) in [6, 6.07) is 13.4. The van der Waals surface area contributed by atoms with Crippen molar-refractivity contribution in [3.8, 4) is 0 Å². The molecule has 0 radical (unpaired) electrons. The molecule has 0 amide bonds. The van der Waals surface area contributed by atoms with Gasteiger partial charge in [-0.3, -0.25) is 0 Å². The maximum Gasteiger partial charge on any atom is 0.341 e. The Morgan fingerprint density at radius 1 is 1.13 bits per heavy atom. The number of hydrogen-bond acceptors (Lipinski definition) is 7. The highest BCUT2D eigenvalue weighted by molar-refractivity contribution is 7.10. The summed E-state index contributed by atoms with van der Waals surface area (Å²) in [4.78, 5) is 32.0. The molecular formula is C31H31NO5S. The summed E-state index contributed by atoms with van der Waals surface area (Å²) in [5.41, 5.74) is 4.59. The largest absolute Gasteiger partial charge is 0.465 e. The molecule has 6 nitrogen and oxygen atoms in total. The minimum absolute atomic E-state index is 0.0367. The van der Waals surface area contributed by atoms with Crippen LogP contribution in [0.4, 0.5) is 0 Å². The second-order valence-electron chi connectivity index (χ2n) is 10.7. The molecule has 5 rings (SSSR count). The summed E-state index contributed by atoms with van der Waals surface area (Å²) >= 11 is 1.69. The molecule has 7 heteroatoms. The van der Waals surface area contributed by atoms with Crippen LogP contribution in [0.5, 0.6) is 0 Å². The zero-order valence-corrected chi connectivity index (χ0v) is 23.1. The number of rotatable bonds is 5. The van der Waals surface area contributed by atoms with Gasteiger partial charge in [-0.05, 0) is 71.9 Å². The summed E-state index contributed by atoms with van der Waals surface area (Å²) in [6.45, 7) is 8.32. The van der Waals surface area contributed by atoms with Gasteiger partial charge in [0.15, 0.2) is 0 Å². The molecule has 0 unspecified atom stereocenters. The molecular weight excluding hydrogens is 498 g/mol. The summed E-state index contributed by atoms with van der Waals surface area (Å²) in [5.74, 6) is 0.210. The molecule has 0 aliphatic heterocycles. The third-order valence-corrected chi connectivity index (χ3v) is 8.04. The monoisotopic (exact) mass is 529 g/mol. The summed E-state index contributed by atoms with van der Waals surface area (Å²) in [7, 11) is 1.32. The molecule has 1 aromatic carbocycles. The van der Waals surface area contributed by atoms with E-state index < -0.39 is 11.9 Å². The first-order chi connectivity index (χ1) is 18.2. The lowest BCUT2D eigenvalue weighted by molar-refractivity contribution is 0.0443. The number of carbonyl (C=O) groups is 2. The fourth-order valence-electron chi connectivity index (χ4n) is 5.05. The predicted octanol–water partition coefficient (Wildman–Crippen LogP) is 7.49. The van der Waals surface area contributed by atoms with Gasteiger partial charge in [0.05, 0.1) is 23.9 Å². The molecule has 0 N–H and O–H groups in total. The van der Waals surface area contributed by atoms with Crippen molar-refractivity contribution in [1.82, 2.24) is 4.98 Å². The van der Waals surface area contributed by atoms with Crippen LogP contribution in [0, 0.1) is 18.3 Å². The normalized spacial score (nSPS) is 16.4. The number of carbonyl (C=O) groups excluding carboxylic acids is 2. The number of ether oxygens (including phenoxy) is 2. The number of fused-ring (bicyclic) bond motifs is 2. The number of pyridine rings is 1. The number of aromatic nitrogens is 1. The Kier molecular flexibility index (Phi) is 6.97. The maximum absolute atomic E-state index is 13.8. The van der Waals surface area contributed by atoms with Crippen molar-refractivity contribution in [2.24, 2.45) is 11.3 Å². The molecule has 1 aliphatic carbocycles. The Balaban J connectivity index is 1.59. The summed E-state index contributed by atoms with van der Waals surface area (Å²) in [5, 5.41) is 2.84. The SMILES string of the molecule is COC(=O)c1cc(COC(=O)c2c3c(nc4ccccc24)/C(=C/c2cccs2)C[C@@H](C(C)(C)C)C3)oc1C. The molecule has 196 valence electrons. The van der Waals surface area contributed by atoms with E-state index in [1.54, 1.807) is 24.3 Å². The minimum Gasteiger partial charge on any atom is -0.465 e. The van der Waals surface area contributed by atoms with Gasteiger partial charge in [0, 0.05) is 10.3 Å². The zero-order chi connectivity index (χ0) is 27.0. The Morgan fingerprint density at radius 3 is 2.63 bits per heavy atom. The molecule has 4 aromatic rings. The van der Waals surface area contributed by atoms with Crippen LogP contribution in [0.2, 0.25) is 0 Å². The molecule has 1 atom stereocenters. The van der Waals surface area contributed by atoms with E-state index in [1.165, 1.54) is 7.11 Å². The van der Waals surface area contributed by atoms with Gasteiger partial charge < -0.3 is 13.9 Å². The average molecular weight is 530 g/mol. The highest BCUT2D eigenvalue weighted by atomic mass is 32.1. The lowest BCUT2D eigenvalue weighted by Crippen LogP contribution is -2.28. The highest BCUT2D eigenvalue weighted by Crippen LogP contribution is 2.45. The van der Waals surface area contributed by atoms with Crippen molar-refractivity contribution in [3.05, 3.63) is 86.6 Å². The quantitative estimate of drug-likeness (QED) is 0.249. The Hall–Kier alpha value is -3.71.